The number of halogens is 2. The van der Waals surface area contributed by atoms with Gasteiger partial charge in [0.15, 0.2) is 0 Å². The second-order valence-electron chi connectivity index (χ2n) is 4.96. The van der Waals surface area contributed by atoms with E-state index >= 15 is 0 Å². The molecule has 0 bridgehead atoms. The normalized spacial score (nSPS) is 13.0. The van der Waals surface area contributed by atoms with Crippen LogP contribution >= 0.6 is 11.6 Å². The molecule has 2 rings (SSSR count). The van der Waals surface area contributed by atoms with Crippen molar-refractivity contribution in [3.63, 3.8) is 0 Å². The molecular formula is C17H20Cl2NO2-. The molecule has 22 heavy (non-hydrogen) atoms. The third-order valence-corrected chi connectivity index (χ3v) is 3.47. The van der Waals surface area contributed by atoms with Crippen LogP contribution in [0.25, 0.3) is 0 Å². The van der Waals surface area contributed by atoms with Gasteiger partial charge in [0.25, 0.3) is 0 Å². The lowest BCUT2D eigenvalue weighted by atomic mass is 10.1. The maximum Gasteiger partial charge on any atom is 0.119 e. The minimum absolute atomic E-state index is 0. The van der Waals surface area contributed by atoms with Crippen molar-refractivity contribution in [2.75, 3.05) is 13.2 Å². The third-order valence-electron chi connectivity index (χ3n) is 3.22. The number of rotatable bonds is 7. The van der Waals surface area contributed by atoms with E-state index < -0.39 is 6.10 Å². The molecule has 2 atom stereocenters. The van der Waals surface area contributed by atoms with E-state index in [1.807, 2.05) is 18.2 Å². The van der Waals surface area contributed by atoms with Gasteiger partial charge in [0.05, 0.1) is 0 Å². The summed E-state index contributed by atoms with van der Waals surface area (Å²) in [5.74, 6) is 0.703. The highest BCUT2D eigenvalue weighted by Gasteiger charge is 2.09. The van der Waals surface area contributed by atoms with E-state index in [4.69, 9.17) is 16.3 Å². The molecule has 0 radical (unpaired) electrons. The van der Waals surface area contributed by atoms with Gasteiger partial charge in [-0.2, -0.15) is 0 Å². The van der Waals surface area contributed by atoms with Gasteiger partial charge in [0, 0.05) is 17.6 Å². The van der Waals surface area contributed by atoms with Crippen molar-refractivity contribution in [3.8, 4) is 5.75 Å². The number of aliphatic hydroxyl groups is 1. The van der Waals surface area contributed by atoms with Crippen LogP contribution in [-0.4, -0.2) is 24.4 Å². The lowest BCUT2D eigenvalue weighted by Crippen LogP contribution is -3.00. The Morgan fingerprint density at radius 3 is 2.36 bits per heavy atom. The Bertz CT molecular complexity index is 534. The number of benzene rings is 2. The molecule has 0 aliphatic carbocycles. The molecule has 0 heterocycles. The SMILES string of the molecule is CC(NCC(O)COc1ccc(Cl)cc1)c1ccccc1.[Cl-]. The van der Waals surface area contributed by atoms with E-state index in [0.29, 0.717) is 17.3 Å². The molecule has 2 aromatic carbocycles. The molecule has 0 aliphatic heterocycles. The largest absolute Gasteiger partial charge is 1.00 e. The van der Waals surface area contributed by atoms with E-state index in [0.717, 1.165) is 0 Å². The van der Waals surface area contributed by atoms with Crippen molar-refractivity contribution < 1.29 is 22.3 Å². The minimum Gasteiger partial charge on any atom is -1.00 e. The number of nitrogens with one attached hydrogen (secondary N) is 1. The lowest BCUT2D eigenvalue weighted by molar-refractivity contribution is -0.00000601. The monoisotopic (exact) mass is 340 g/mol. The van der Waals surface area contributed by atoms with Gasteiger partial charge >= 0.3 is 0 Å². The van der Waals surface area contributed by atoms with E-state index in [-0.39, 0.29) is 25.1 Å². The van der Waals surface area contributed by atoms with Crippen LogP contribution < -0.4 is 22.5 Å². The molecule has 0 aromatic heterocycles. The molecule has 0 saturated carbocycles. The van der Waals surface area contributed by atoms with Crippen LogP contribution in [0.2, 0.25) is 5.02 Å². The van der Waals surface area contributed by atoms with Gasteiger partial charge in [-0.1, -0.05) is 41.9 Å². The first-order valence-electron chi connectivity index (χ1n) is 7.00. The zero-order valence-corrected chi connectivity index (χ0v) is 13.9. The molecule has 120 valence electrons. The summed E-state index contributed by atoms with van der Waals surface area (Å²) in [7, 11) is 0. The van der Waals surface area contributed by atoms with Crippen LogP contribution in [0.4, 0.5) is 0 Å². The first-order chi connectivity index (χ1) is 10.1. The zero-order valence-electron chi connectivity index (χ0n) is 12.4. The number of aliphatic hydroxyl groups excluding tert-OH is 1. The Morgan fingerprint density at radius 1 is 1.09 bits per heavy atom. The second kappa shape index (κ2) is 9.70. The summed E-state index contributed by atoms with van der Waals surface area (Å²) >= 11 is 5.80. The summed E-state index contributed by atoms with van der Waals surface area (Å²) in [5, 5.41) is 13.9. The topological polar surface area (TPSA) is 41.5 Å². The lowest BCUT2D eigenvalue weighted by Gasteiger charge is -2.18. The van der Waals surface area contributed by atoms with Crippen LogP contribution in [-0.2, 0) is 0 Å². The van der Waals surface area contributed by atoms with Crippen molar-refractivity contribution in [1.29, 1.82) is 0 Å². The maximum atomic E-state index is 9.95. The molecule has 3 nitrogen and oxygen atoms in total. The third kappa shape index (κ3) is 6.24. The standard InChI is InChI=1S/C17H20ClNO2.ClH/c1-13(14-5-3-2-4-6-14)19-11-16(20)12-21-17-9-7-15(18)8-10-17;/h2-10,13,16,19-20H,11-12H2,1H3;1H/p-1. The smallest absolute Gasteiger partial charge is 0.119 e. The van der Waals surface area contributed by atoms with Crippen LogP contribution in [0.3, 0.4) is 0 Å². The Labute approximate surface area is 142 Å². The van der Waals surface area contributed by atoms with Gasteiger partial charge < -0.3 is 27.6 Å². The summed E-state index contributed by atoms with van der Waals surface area (Å²) in [4.78, 5) is 0. The first-order valence-corrected chi connectivity index (χ1v) is 7.37. The molecule has 2 unspecified atom stereocenters. The fraction of sp³-hybridized carbons (Fsp3) is 0.294. The minimum atomic E-state index is -0.563. The fourth-order valence-corrected chi connectivity index (χ4v) is 2.08. The average Bonchev–Trinajstić information content (AvgIpc) is 2.53. The number of hydrogen-bond donors (Lipinski definition) is 2. The quantitative estimate of drug-likeness (QED) is 0.768. The highest BCUT2D eigenvalue weighted by atomic mass is 35.5. The summed E-state index contributed by atoms with van der Waals surface area (Å²) in [6.45, 7) is 2.79. The predicted molar refractivity (Wildman–Crippen MR) is 85.8 cm³/mol. The number of ether oxygens (including phenoxy) is 1. The van der Waals surface area contributed by atoms with E-state index in [1.165, 1.54) is 5.56 Å². The molecule has 0 amide bonds. The number of hydrogen-bond acceptors (Lipinski definition) is 3. The van der Waals surface area contributed by atoms with Crippen molar-refractivity contribution >= 4 is 11.6 Å². The summed E-state index contributed by atoms with van der Waals surface area (Å²) in [6.07, 6.45) is -0.563. The molecule has 0 spiro atoms. The van der Waals surface area contributed by atoms with Crippen molar-refractivity contribution in [3.05, 3.63) is 65.2 Å². The molecule has 2 N–H and O–H groups in total. The molecule has 0 aliphatic rings. The van der Waals surface area contributed by atoms with Crippen molar-refractivity contribution in [2.24, 2.45) is 0 Å². The van der Waals surface area contributed by atoms with Crippen LogP contribution in [0, 0.1) is 0 Å². The summed E-state index contributed by atoms with van der Waals surface area (Å²) in [6, 6.07) is 17.4. The Morgan fingerprint density at radius 2 is 1.73 bits per heavy atom. The van der Waals surface area contributed by atoms with Crippen LogP contribution in [0.1, 0.15) is 18.5 Å². The van der Waals surface area contributed by atoms with Gasteiger partial charge in [-0.25, -0.2) is 0 Å². The Kier molecular flexibility index (Phi) is 8.28. The highest BCUT2D eigenvalue weighted by Crippen LogP contribution is 2.15. The maximum absolute atomic E-state index is 9.95. The van der Waals surface area contributed by atoms with Gasteiger partial charge in [-0.3, -0.25) is 0 Å². The van der Waals surface area contributed by atoms with Crippen LogP contribution in [0.15, 0.2) is 54.6 Å². The van der Waals surface area contributed by atoms with Gasteiger partial charge in [-0.15, -0.1) is 0 Å². The van der Waals surface area contributed by atoms with Gasteiger partial charge in [-0.05, 0) is 36.8 Å². The highest BCUT2D eigenvalue weighted by molar-refractivity contribution is 6.30. The summed E-state index contributed by atoms with van der Waals surface area (Å²) < 4.78 is 5.51. The Hall–Kier alpha value is -1.26. The van der Waals surface area contributed by atoms with Gasteiger partial charge in [0.2, 0.25) is 0 Å². The molecule has 0 saturated heterocycles. The average molecular weight is 341 g/mol. The van der Waals surface area contributed by atoms with E-state index in [1.54, 1.807) is 24.3 Å². The summed E-state index contributed by atoms with van der Waals surface area (Å²) in [5.41, 5.74) is 1.20. The molecule has 0 fully saturated rings. The molecular weight excluding hydrogens is 321 g/mol. The van der Waals surface area contributed by atoms with Crippen LogP contribution in [0.5, 0.6) is 5.75 Å². The predicted octanol–water partition coefficient (Wildman–Crippen LogP) is 0.434. The molecule has 2 aromatic rings. The molecule has 5 heteroatoms. The van der Waals surface area contributed by atoms with E-state index in [2.05, 4.69) is 24.4 Å². The Balaban J connectivity index is 0.00000242. The van der Waals surface area contributed by atoms with Crippen molar-refractivity contribution in [1.82, 2.24) is 5.32 Å². The second-order valence-corrected chi connectivity index (χ2v) is 5.40. The first kappa shape index (κ1) is 18.8. The fourth-order valence-electron chi connectivity index (χ4n) is 1.95. The zero-order chi connectivity index (χ0) is 15.1. The van der Waals surface area contributed by atoms with Crippen molar-refractivity contribution in [2.45, 2.75) is 19.1 Å². The van der Waals surface area contributed by atoms with E-state index in [9.17, 15) is 5.11 Å². The van der Waals surface area contributed by atoms with Gasteiger partial charge in [0.1, 0.15) is 18.5 Å².